The van der Waals surface area contributed by atoms with Crippen LogP contribution in [0.2, 0.25) is 0 Å². The van der Waals surface area contributed by atoms with E-state index in [-0.39, 0.29) is 0 Å². The van der Waals surface area contributed by atoms with E-state index in [2.05, 4.69) is 0 Å². The van der Waals surface area contributed by atoms with Gasteiger partial charge in [0.05, 0.1) is 14.9 Å². The first kappa shape index (κ1) is 16.9. The Morgan fingerprint density at radius 1 is 1.00 bits per heavy atom. The van der Waals surface area contributed by atoms with Crippen LogP contribution in [-0.2, 0) is 4.57 Å². The van der Waals surface area contributed by atoms with Crippen LogP contribution >= 0.6 is 44.8 Å². The molecule has 8 heteroatoms. The number of nitrogens with zero attached hydrogens (tertiary/aromatic N) is 2. The molecule has 1 aromatic carbocycles. The highest BCUT2D eigenvalue weighted by Crippen LogP contribution is 2.68. The Bertz CT molecular complexity index is 412. The van der Waals surface area contributed by atoms with Crippen molar-refractivity contribution in [2.45, 2.75) is 0 Å². The molecule has 0 amide bonds. The van der Waals surface area contributed by atoms with Crippen molar-refractivity contribution in [2.75, 3.05) is 27.4 Å². The highest BCUT2D eigenvalue weighted by molar-refractivity contribution is 7.94. The van der Waals surface area contributed by atoms with Gasteiger partial charge in [0.2, 0.25) is 0 Å². The Morgan fingerprint density at radius 2 is 1.39 bits per heavy atom. The predicted octanol–water partition coefficient (Wildman–Crippen LogP) is 4.73. The van der Waals surface area contributed by atoms with Gasteiger partial charge in [-0.05, 0) is 39.6 Å². The molecule has 0 saturated heterocycles. The van der Waals surface area contributed by atoms with Gasteiger partial charge in [0.1, 0.15) is 0 Å². The minimum atomic E-state index is -2.91. The molecule has 102 valence electrons. The maximum atomic E-state index is 13.4. The highest BCUT2D eigenvalue weighted by Gasteiger charge is 2.39. The van der Waals surface area contributed by atoms with Crippen LogP contribution in [0.3, 0.4) is 0 Å². The summed E-state index contributed by atoms with van der Waals surface area (Å²) in [5, 5.41) is 0.764. The topological polar surface area (TPSA) is 23.6 Å². The van der Waals surface area contributed by atoms with Crippen molar-refractivity contribution in [1.29, 1.82) is 0 Å². The van der Waals surface area contributed by atoms with Crippen LogP contribution in [0.4, 0.5) is 0 Å². The summed E-state index contributed by atoms with van der Waals surface area (Å²) < 4.78 is 16.9. The zero-order valence-electron chi connectivity index (χ0n) is 10.8. The van der Waals surface area contributed by atoms with Gasteiger partial charge in [-0.1, -0.05) is 40.7 Å². The molecule has 18 heavy (non-hydrogen) atoms. The molecule has 2 atom stereocenters. The first-order valence-electron chi connectivity index (χ1n) is 5.24. The van der Waals surface area contributed by atoms with Gasteiger partial charge in [0, 0.05) is 5.30 Å². The summed E-state index contributed by atoms with van der Waals surface area (Å²) >= 11 is 12.3. The van der Waals surface area contributed by atoms with Crippen LogP contribution in [-0.4, -0.2) is 36.3 Å². The lowest BCUT2D eigenvalue weighted by Gasteiger charge is -2.37. The van der Waals surface area contributed by atoms with Gasteiger partial charge in [-0.3, -0.25) is 4.57 Å². The molecule has 0 spiro atoms. The summed E-state index contributed by atoms with van der Waals surface area (Å²) in [6.45, 7) is 3.74. The van der Waals surface area contributed by atoms with E-state index in [0.29, 0.717) is 0 Å². The van der Waals surface area contributed by atoms with Crippen molar-refractivity contribution in [3.63, 3.8) is 0 Å². The molecule has 0 aliphatic rings. The summed E-state index contributed by atoms with van der Waals surface area (Å²) in [6.07, 6.45) is 0. The number of halogens is 2. The minimum absolute atomic E-state index is 0.764. The summed E-state index contributed by atoms with van der Waals surface area (Å²) in [7, 11) is -1.28. The fourth-order valence-corrected chi connectivity index (χ4v) is 8.93. The van der Waals surface area contributed by atoms with Crippen LogP contribution in [0.15, 0.2) is 30.3 Å². The van der Waals surface area contributed by atoms with Gasteiger partial charge in [0.25, 0.3) is 7.44 Å². The van der Waals surface area contributed by atoms with E-state index in [9.17, 15) is 4.57 Å². The molecule has 0 aliphatic carbocycles. The van der Waals surface area contributed by atoms with E-state index < -0.39 is 22.3 Å². The second-order valence-corrected chi connectivity index (χ2v) is 13.1. The molecule has 0 saturated carbocycles. The van der Waals surface area contributed by atoms with Gasteiger partial charge >= 0.3 is 0 Å². The molecule has 0 aliphatic heterocycles. The average Bonchev–Trinajstić information content (AvgIpc) is 2.36. The van der Waals surface area contributed by atoms with Crippen LogP contribution in [0.25, 0.3) is 0 Å². The van der Waals surface area contributed by atoms with Gasteiger partial charge in [-0.15, -0.1) is 0 Å². The molecule has 0 radical (unpaired) electrons. The average molecular weight is 345 g/mol. The molecule has 1 rings (SSSR count). The molecule has 0 N–H and O–H groups in total. The van der Waals surface area contributed by atoms with Gasteiger partial charge in [-0.25, -0.2) is 8.88 Å². The normalized spacial score (nSPS) is 18.7. The molecule has 0 heterocycles. The lowest BCUT2D eigenvalue weighted by Crippen LogP contribution is -2.26. The van der Waals surface area contributed by atoms with E-state index in [1.54, 1.807) is 23.0 Å². The SMILES string of the molecule is CN(P(C)Cl)P(=O)(c1ccccc1)N(C)P(C)Cl. The molecule has 2 unspecified atom stereocenters. The summed E-state index contributed by atoms with van der Waals surface area (Å²) in [5.41, 5.74) is 0. The third-order valence-corrected chi connectivity index (χ3v) is 11.9. The molecule has 3 nitrogen and oxygen atoms in total. The molecular weight excluding hydrogens is 328 g/mol. The molecule has 0 aromatic heterocycles. The maximum Gasteiger partial charge on any atom is 0.253 e. The third kappa shape index (κ3) is 3.47. The van der Waals surface area contributed by atoms with Crippen LogP contribution in [0.1, 0.15) is 0 Å². The van der Waals surface area contributed by atoms with Crippen molar-refractivity contribution in [2.24, 2.45) is 0 Å². The van der Waals surface area contributed by atoms with Crippen LogP contribution in [0.5, 0.6) is 0 Å². The molecule has 0 fully saturated rings. The van der Waals surface area contributed by atoms with E-state index in [1.165, 1.54) is 0 Å². The van der Waals surface area contributed by atoms with Gasteiger partial charge in [-0.2, -0.15) is 0 Å². The maximum absolute atomic E-state index is 13.4. The Morgan fingerprint density at radius 3 is 1.72 bits per heavy atom. The van der Waals surface area contributed by atoms with E-state index >= 15 is 0 Å². The van der Waals surface area contributed by atoms with Crippen molar-refractivity contribution in [3.05, 3.63) is 30.3 Å². The molecule has 1 aromatic rings. The fraction of sp³-hybridized carbons (Fsp3) is 0.400. The zero-order chi connectivity index (χ0) is 13.9. The van der Waals surface area contributed by atoms with Crippen molar-refractivity contribution in [1.82, 2.24) is 8.88 Å². The standard InChI is InChI=1S/C10H17Cl2N2OP3/c1-13(16(3)11)18(15,14(2)17(4)12)10-8-6-5-7-9-10/h5-9H,1-4H3. The first-order valence-corrected chi connectivity index (χ1v) is 12.1. The predicted molar refractivity (Wildman–Crippen MR) is 86.6 cm³/mol. The third-order valence-electron chi connectivity index (χ3n) is 2.67. The number of benzene rings is 1. The first-order chi connectivity index (χ1) is 8.31. The quantitative estimate of drug-likeness (QED) is 0.721. The van der Waals surface area contributed by atoms with Crippen LogP contribution < -0.4 is 5.30 Å². The Hall–Kier alpha value is 0.810. The van der Waals surface area contributed by atoms with E-state index in [1.807, 2.05) is 43.7 Å². The van der Waals surface area contributed by atoms with Gasteiger partial charge < -0.3 is 0 Å². The van der Waals surface area contributed by atoms with E-state index in [4.69, 9.17) is 22.5 Å². The Labute approximate surface area is 121 Å². The van der Waals surface area contributed by atoms with Gasteiger partial charge in [0.15, 0.2) is 0 Å². The largest absolute Gasteiger partial charge is 0.283 e. The Balaban J connectivity index is 3.31. The second-order valence-electron chi connectivity index (χ2n) is 3.75. The summed E-state index contributed by atoms with van der Waals surface area (Å²) in [4.78, 5) is 0. The number of rotatable bonds is 5. The van der Waals surface area contributed by atoms with Crippen LogP contribution in [0, 0.1) is 0 Å². The molecule has 0 bridgehead atoms. The summed E-state index contributed by atoms with van der Waals surface area (Å²) in [6, 6.07) is 9.38. The van der Waals surface area contributed by atoms with Crippen molar-refractivity contribution >= 4 is 50.1 Å². The lowest BCUT2D eigenvalue weighted by atomic mass is 10.4. The second kappa shape index (κ2) is 7.00. The molecular formula is C10H17Cl2N2OP3. The Kier molecular flexibility index (Phi) is 6.56. The summed E-state index contributed by atoms with van der Waals surface area (Å²) in [5.74, 6) is 0. The zero-order valence-corrected chi connectivity index (χ0v) is 15.0. The highest BCUT2D eigenvalue weighted by atomic mass is 35.7. The number of hydrogen-bond acceptors (Lipinski definition) is 1. The smallest absolute Gasteiger partial charge is 0.253 e. The van der Waals surface area contributed by atoms with E-state index in [0.717, 1.165) is 5.30 Å². The van der Waals surface area contributed by atoms with Crippen molar-refractivity contribution < 1.29 is 4.57 Å². The lowest BCUT2D eigenvalue weighted by molar-refractivity contribution is 0.529. The van der Waals surface area contributed by atoms with Crippen molar-refractivity contribution in [3.8, 4) is 0 Å². The minimum Gasteiger partial charge on any atom is -0.283 e. The fourth-order valence-electron chi connectivity index (χ4n) is 1.48. The number of hydrogen-bond donors (Lipinski definition) is 0. The monoisotopic (exact) mass is 344 g/mol.